The third-order valence-electron chi connectivity index (χ3n) is 2.04. The van der Waals surface area contributed by atoms with E-state index in [1.54, 1.807) is 12.1 Å². The van der Waals surface area contributed by atoms with Gasteiger partial charge in [-0.2, -0.15) is 0 Å². The van der Waals surface area contributed by atoms with Crippen LogP contribution in [0.25, 0.3) is 11.3 Å². The van der Waals surface area contributed by atoms with Crippen LogP contribution in [0.2, 0.25) is 0 Å². The number of nitrogens with one attached hydrogen (secondary N) is 1. The van der Waals surface area contributed by atoms with Gasteiger partial charge in [-0.25, -0.2) is 0 Å². The average Bonchev–Trinajstić information content (AvgIpc) is 2.78. The van der Waals surface area contributed by atoms with Crippen LogP contribution in [-0.2, 0) is 0 Å². The van der Waals surface area contributed by atoms with Crippen LogP contribution in [0, 0.1) is 10.1 Å². The monoisotopic (exact) mass is 220 g/mol. The summed E-state index contributed by atoms with van der Waals surface area (Å²) in [7, 11) is 1.52. The maximum absolute atomic E-state index is 10.7. The van der Waals surface area contributed by atoms with Gasteiger partial charge in [0.2, 0.25) is 0 Å². The van der Waals surface area contributed by atoms with Crippen LogP contribution in [0.5, 0.6) is 5.75 Å². The Labute approximate surface area is 90.2 Å². The summed E-state index contributed by atoms with van der Waals surface area (Å²) in [6.45, 7) is 0. The normalized spacial score (nSPS) is 10.1. The van der Waals surface area contributed by atoms with Gasteiger partial charge in [0.05, 0.1) is 19.0 Å². The Morgan fingerprint density at radius 2 is 2.38 bits per heavy atom. The quantitative estimate of drug-likeness (QED) is 0.623. The molecule has 0 fully saturated rings. The third-order valence-corrected chi connectivity index (χ3v) is 2.04. The first-order valence-corrected chi connectivity index (χ1v) is 4.40. The Bertz CT molecular complexity index is 523. The van der Waals surface area contributed by atoms with Gasteiger partial charge in [-0.05, 0) is 11.0 Å². The summed E-state index contributed by atoms with van der Waals surface area (Å²) in [5, 5.41) is 16.6. The number of pyridine rings is 1. The molecule has 0 bridgehead atoms. The van der Waals surface area contributed by atoms with E-state index in [1.807, 2.05) is 0 Å². The first-order valence-electron chi connectivity index (χ1n) is 4.40. The number of nitrogens with zero attached hydrogens (tertiary/aromatic N) is 3. The second kappa shape index (κ2) is 3.97. The number of hydrogen-bond acceptors (Lipinski definition) is 5. The second-order valence-electron chi connectivity index (χ2n) is 2.97. The molecule has 0 aliphatic heterocycles. The zero-order valence-electron chi connectivity index (χ0n) is 8.38. The minimum atomic E-state index is -0.538. The van der Waals surface area contributed by atoms with Crippen molar-refractivity contribution >= 4 is 5.82 Å². The summed E-state index contributed by atoms with van der Waals surface area (Å²) in [4.78, 5) is 14.2. The molecule has 0 saturated carbocycles. The zero-order valence-corrected chi connectivity index (χ0v) is 8.38. The molecule has 0 saturated heterocycles. The Kier molecular flexibility index (Phi) is 2.50. The van der Waals surface area contributed by atoms with Crippen LogP contribution >= 0.6 is 0 Å². The molecule has 7 nitrogen and oxygen atoms in total. The molecule has 0 aliphatic carbocycles. The molecule has 7 heteroatoms. The SMILES string of the molecule is COc1ccnc(-c2cn[nH]c2[N+](=O)[O-])c1. The molecule has 0 unspecified atom stereocenters. The van der Waals surface area contributed by atoms with Crippen LogP contribution in [0.4, 0.5) is 5.82 Å². The van der Waals surface area contributed by atoms with Crippen LogP contribution in [0.1, 0.15) is 0 Å². The van der Waals surface area contributed by atoms with Gasteiger partial charge in [0, 0.05) is 12.3 Å². The summed E-state index contributed by atoms with van der Waals surface area (Å²) < 4.78 is 5.01. The molecule has 16 heavy (non-hydrogen) atoms. The number of hydrogen-bond donors (Lipinski definition) is 1. The van der Waals surface area contributed by atoms with Crippen molar-refractivity contribution in [2.75, 3.05) is 7.11 Å². The maximum Gasteiger partial charge on any atom is 0.352 e. The number of nitro groups is 1. The number of methoxy groups -OCH3 is 1. The van der Waals surface area contributed by atoms with Crippen LogP contribution in [0.15, 0.2) is 24.5 Å². The van der Waals surface area contributed by atoms with Gasteiger partial charge < -0.3 is 14.9 Å². The molecule has 2 aromatic heterocycles. The minimum Gasteiger partial charge on any atom is -0.497 e. The molecule has 0 amide bonds. The van der Waals surface area contributed by atoms with E-state index in [0.717, 1.165) is 0 Å². The van der Waals surface area contributed by atoms with E-state index in [2.05, 4.69) is 15.2 Å². The van der Waals surface area contributed by atoms with Crippen LogP contribution in [-0.4, -0.2) is 27.2 Å². The number of H-pyrrole nitrogens is 1. The van der Waals surface area contributed by atoms with E-state index >= 15 is 0 Å². The molecule has 2 aromatic rings. The topological polar surface area (TPSA) is 93.9 Å². The van der Waals surface area contributed by atoms with Crippen molar-refractivity contribution in [3.8, 4) is 17.0 Å². The highest BCUT2D eigenvalue weighted by Gasteiger charge is 2.17. The van der Waals surface area contributed by atoms with E-state index in [4.69, 9.17) is 4.74 Å². The van der Waals surface area contributed by atoms with E-state index in [0.29, 0.717) is 17.0 Å². The van der Waals surface area contributed by atoms with Gasteiger partial charge in [-0.3, -0.25) is 4.98 Å². The first-order chi connectivity index (χ1) is 7.72. The summed E-state index contributed by atoms with van der Waals surface area (Å²) in [5.41, 5.74) is 0.781. The smallest absolute Gasteiger partial charge is 0.352 e. The Balaban J connectivity index is 2.50. The molecular formula is C9H8N4O3. The van der Waals surface area contributed by atoms with E-state index in [9.17, 15) is 10.1 Å². The number of rotatable bonds is 3. The standard InChI is InChI=1S/C9H8N4O3/c1-16-6-2-3-10-8(4-6)7-5-11-12-9(7)13(14)15/h2-5H,1H3,(H,11,12). The van der Waals surface area contributed by atoms with Crippen molar-refractivity contribution in [1.29, 1.82) is 0 Å². The zero-order chi connectivity index (χ0) is 11.5. The summed E-state index contributed by atoms with van der Waals surface area (Å²) >= 11 is 0. The lowest BCUT2D eigenvalue weighted by Crippen LogP contribution is -1.92. The molecule has 0 radical (unpaired) electrons. The van der Waals surface area contributed by atoms with E-state index < -0.39 is 4.92 Å². The lowest BCUT2D eigenvalue weighted by molar-refractivity contribution is -0.388. The highest BCUT2D eigenvalue weighted by molar-refractivity contribution is 5.67. The van der Waals surface area contributed by atoms with Crippen molar-refractivity contribution < 1.29 is 9.66 Å². The molecule has 2 rings (SSSR count). The third kappa shape index (κ3) is 1.70. The molecule has 1 N–H and O–H groups in total. The minimum absolute atomic E-state index is 0.180. The van der Waals surface area contributed by atoms with E-state index in [1.165, 1.54) is 19.5 Å². The second-order valence-corrected chi connectivity index (χ2v) is 2.97. The predicted molar refractivity (Wildman–Crippen MR) is 55.0 cm³/mol. The van der Waals surface area contributed by atoms with E-state index in [-0.39, 0.29) is 5.82 Å². The molecule has 2 heterocycles. The Morgan fingerprint density at radius 1 is 1.56 bits per heavy atom. The summed E-state index contributed by atoms with van der Waals surface area (Å²) in [6, 6.07) is 3.27. The highest BCUT2D eigenvalue weighted by atomic mass is 16.6. The van der Waals surface area contributed by atoms with Crippen LogP contribution in [0.3, 0.4) is 0 Å². The maximum atomic E-state index is 10.7. The van der Waals surface area contributed by atoms with Gasteiger partial charge in [-0.15, -0.1) is 5.10 Å². The fourth-order valence-corrected chi connectivity index (χ4v) is 1.29. The predicted octanol–water partition coefficient (Wildman–Crippen LogP) is 1.39. The van der Waals surface area contributed by atoms with Gasteiger partial charge in [0.25, 0.3) is 0 Å². The summed E-state index contributed by atoms with van der Waals surface area (Å²) in [6.07, 6.45) is 2.88. The summed E-state index contributed by atoms with van der Waals surface area (Å²) in [5.74, 6) is 0.404. The largest absolute Gasteiger partial charge is 0.497 e. The molecule has 0 aliphatic rings. The van der Waals surface area contributed by atoms with Gasteiger partial charge in [-0.1, -0.05) is 5.10 Å². The molecule has 0 spiro atoms. The highest BCUT2D eigenvalue weighted by Crippen LogP contribution is 2.27. The first kappa shape index (κ1) is 10.1. The van der Waals surface area contributed by atoms with Gasteiger partial charge in [0.15, 0.2) is 0 Å². The fraction of sp³-hybridized carbons (Fsp3) is 0.111. The number of aromatic amines is 1. The van der Waals surface area contributed by atoms with Crippen molar-refractivity contribution in [2.24, 2.45) is 0 Å². The average molecular weight is 220 g/mol. The Hall–Kier alpha value is -2.44. The molecule has 82 valence electrons. The molecule has 0 atom stereocenters. The van der Waals surface area contributed by atoms with Crippen molar-refractivity contribution in [2.45, 2.75) is 0 Å². The van der Waals surface area contributed by atoms with Crippen molar-refractivity contribution in [3.05, 3.63) is 34.6 Å². The molecular weight excluding hydrogens is 212 g/mol. The number of ether oxygens (including phenoxy) is 1. The molecule has 0 aromatic carbocycles. The van der Waals surface area contributed by atoms with Gasteiger partial charge in [0.1, 0.15) is 11.3 Å². The van der Waals surface area contributed by atoms with Crippen molar-refractivity contribution in [3.63, 3.8) is 0 Å². The number of aromatic nitrogens is 3. The van der Waals surface area contributed by atoms with Crippen molar-refractivity contribution in [1.82, 2.24) is 15.2 Å². The van der Waals surface area contributed by atoms with Crippen LogP contribution < -0.4 is 4.74 Å². The fourth-order valence-electron chi connectivity index (χ4n) is 1.29. The lowest BCUT2D eigenvalue weighted by atomic mass is 10.2. The lowest BCUT2D eigenvalue weighted by Gasteiger charge is -2.01. The Morgan fingerprint density at radius 3 is 3.06 bits per heavy atom. The van der Waals surface area contributed by atoms with Gasteiger partial charge >= 0.3 is 5.82 Å².